The maximum Gasteiger partial charge on any atom is 0.160 e. The van der Waals surface area contributed by atoms with Crippen LogP contribution in [0.1, 0.15) is 0 Å². The van der Waals surface area contributed by atoms with Crippen molar-refractivity contribution in [2.24, 2.45) is 0 Å². The Morgan fingerprint density at radius 2 is 0.759 bits per heavy atom. The Balaban J connectivity index is 1.13. The van der Waals surface area contributed by atoms with E-state index >= 15 is 0 Å². The molecule has 0 aliphatic carbocycles. The van der Waals surface area contributed by atoms with Gasteiger partial charge < -0.3 is 0 Å². The molecular weight excluding hydrogens is 703 g/mol. The van der Waals surface area contributed by atoms with E-state index in [0.717, 1.165) is 44.8 Å². The molecule has 3 nitrogen and oxygen atoms in total. The van der Waals surface area contributed by atoms with Gasteiger partial charge >= 0.3 is 0 Å². The molecule has 58 heavy (non-hydrogen) atoms. The van der Waals surface area contributed by atoms with Crippen LogP contribution in [0.5, 0.6) is 0 Å². The minimum Gasteiger partial charge on any atom is -0.264 e. The first-order chi connectivity index (χ1) is 28.7. The fraction of sp³-hybridized carbons (Fsp3) is 0. The molecule has 0 aliphatic rings. The first-order valence-corrected chi connectivity index (χ1v) is 19.7. The molecule has 0 radical (unpaired) electrons. The van der Waals surface area contributed by atoms with E-state index in [-0.39, 0.29) is 0 Å². The second kappa shape index (κ2) is 12.9. The highest BCUT2D eigenvalue weighted by atomic mass is 14.9. The zero-order chi connectivity index (χ0) is 38.2. The molecule has 0 amide bonds. The van der Waals surface area contributed by atoms with Crippen LogP contribution in [0.25, 0.3) is 121 Å². The molecule has 12 aromatic rings. The first kappa shape index (κ1) is 32.5. The highest BCUT2D eigenvalue weighted by molar-refractivity contribution is 6.37. The fourth-order valence-corrected chi connectivity index (χ4v) is 9.11. The SMILES string of the molecule is c1ccc(-c2ccc(-c3nc(-c4ccc(-c5cccnc5)cc4)cc(-c4cc5ccc6cccc7c8cccc9ccc%10cccc(c(c4)c5c67)c%10c98)n3)cc2)cc1. The van der Waals surface area contributed by atoms with Crippen molar-refractivity contribution in [2.45, 2.75) is 0 Å². The second-order valence-electron chi connectivity index (χ2n) is 15.2. The van der Waals surface area contributed by atoms with Crippen molar-refractivity contribution in [3.63, 3.8) is 0 Å². The number of fused-ring (bicyclic) bond motifs is 2. The molecule has 10 aromatic carbocycles. The van der Waals surface area contributed by atoms with E-state index < -0.39 is 0 Å². The third kappa shape index (κ3) is 5.18. The number of aromatic nitrogens is 3. The number of benzene rings is 9. The predicted molar refractivity (Wildman–Crippen MR) is 243 cm³/mol. The highest BCUT2D eigenvalue weighted by Crippen LogP contribution is 2.44. The lowest BCUT2D eigenvalue weighted by Crippen LogP contribution is -1.96. The van der Waals surface area contributed by atoms with Crippen molar-refractivity contribution < 1.29 is 0 Å². The maximum atomic E-state index is 5.37. The molecule has 268 valence electrons. The monoisotopic (exact) mass is 735 g/mol. The Hall–Kier alpha value is -7.75. The van der Waals surface area contributed by atoms with Gasteiger partial charge in [0, 0.05) is 29.1 Å². The number of hydrogen-bond acceptors (Lipinski definition) is 3. The maximum absolute atomic E-state index is 5.37. The summed E-state index contributed by atoms with van der Waals surface area (Å²) in [5.74, 6) is 0.688. The van der Waals surface area contributed by atoms with Crippen LogP contribution in [0, 0.1) is 0 Å². The van der Waals surface area contributed by atoms with Crippen molar-refractivity contribution in [1.29, 1.82) is 0 Å². The third-order valence-corrected chi connectivity index (χ3v) is 11.9. The minimum absolute atomic E-state index is 0.688. The van der Waals surface area contributed by atoms with E-state index in [1.807, 2.05) is 18.3 Å². The summed E-state index contributed by atoms with van der Waals surface area (Å²) < 4.78 is 0. The molecule has 0 saturated carbocycles. The van der Waals surface area contributed by atoms with Gasteiger partial charge in [-0.3, -0.25) is 4.98 Å². The number of rotatable bonds is 5. The van der Waals surface area contributed by atoms with Gasteiger partial charge in [-0.1, -0.05) is 164 Å². The molecule has 0 saturated heterocycles. The Bertz CT molecular complexity index is 3410. The molecule has 2 aromatic heterocycles. The average Bonchev–Trinajstić information content (AvgIpc) is 3.30. The molecule has 0 N–H and O–H groups in total. The third-order valence-electron chi connectivity index (χ3n) is 11.9. The summed E-state index contributed by atoms with van der Waals surface area (Å²) in [6.45, 7) is 0. The van der Waals surface area contributed by atoms with Gasteiger partial charge in [0.15, 0.2) is 5.82 Å². The molecule has 0 aliphatic heterocycles. The van der Waals surface area contributed by atoms with E-state index in [0.29, 0.717) is 5.82 Å². The van der Waals surface area contributed by atoms with Crippen molar-refractivity contribution in [3.05, 3.63) is 200 Å². The van der Waals surface area contributed by atoms with Gasteiger partial charge in [-0.05, 0) is 111 Å². The summed E-state index contributed by atoms with van der Waals surface area (Å²) in [7, 11) is 0. The average molecular weight is 736 g/mol. The van der Waals surface area contributed by atoms with Gasteiger partial charge in [0.2, 0.25) is 0 Å². The van der Waals surface area contributed by atoms with Crippen LogP contribution in [0.2, 0.25) is 0 Å². The fourth-order valence-electron chi connectivity index (χ4n) is 9.11. The van der Waals surface area contributed by atoms with E-state index in [4.69, 9.17) is 9.97 Å². The zero-order valence-corrected chi connectivity index (χ0v) is 31.4. The van der Waals surface area contributed by atoms with Gasteiger partial charge in [-0.25, -0.2) is 9.97 Å². The van der Waals surface area contributed by atoms with Crippen LogP contribution >= 0.6 is 0 Å². The van der Waals surface area contributed by atoms with Crippen LogP contribution in [0.15, 0.2) is 200 Å². The molecular formula is C55H33N3. The first-order valence-electron chi connectivity index (χ1n) is 19.7. The van der Waals surface area contributed by atoms with E-state index in [1.165, 1.54) is 70.2 Å². The van der Waals surface area contributed by atoms with Crippen molar-refractivity contribution in [2.75, 3.05) is 0 Å². The lowest BCUT2D eigenvalue weighted by atomic mass is 9.87. The van der Waals surface area contributed by atoms with Crippen molar-refractivity contribution in [1.82, 2.24) is 15.0 Å². The van der Waals surface area contributed by atoms with Gasteiger partial charge in [-0.2, -0.15) is 0 Å². The molecule has 0 bridgehead atoms. The summed E-state index contributed by atoms with van der Waals surface area (Å²) >= 11 is 0. The Morgan fingerprint density at radius 3 is 1.36 bits per heavy atom. The van der Waals surface area contributed by atoms with Crippen molar-refractivity contribution in [3.8, 4) is 56.2 Å². The van der Waals surface area contributed by atoms with E-state index in [9.17, 15) is 0 Å². The minimum atomic E-state index is 0.688. The molecule has 0 unspecified atom stereocenters. The van der Waals surface area contributed by atoms with Crippen LogP contribution < -0.4 is 0 Å². The van der Waals surface area contributed by atoms with Gasteiger partial charge in [-0.15, -0.1) is 0 Å². The summed E-state index contributed by atoms with van der Waals surface area (Å²) in [5, 5.41) is 15.1. The van der Waals surface area contributed by atoms with Crippen LogP contribution in [0.3, 0.4) is 0 Å². The smallest absolute Gasteiger partial charge is 0.160 e. The number of pyridine rings is 1. The van der Waals surface area contributed by atoms with E-state index in [1.54, 1.807) is 6.20 Å². The number of hydrogen-bond donors (Lipinski definition) is 0. The molecule has 0 fully saturated rings. The molecule has 2 heterocycles. The van der Waals surface area contributed by atoms with Gasteiger partial charge in [0.05, 0.1) is 11.4 Å². The van der Waals surface area contributed by atoms with E-state index in [2.05, 4.69) is 181 Å². The summed E-state index contributed by atoms with van der Waals surface area (Å²) in [6, 6.07) is 67.9. The normalized spacial score (nSPS) is 11.8. The Morgan fingerprint density at radius 1 is 0.276 bits per heavy atom. The van der Waals surface area contributed by atoms with Gasteiger partial charge in [0.25, 0.3) is 0 Å². The Labute approximate surface area is 334 Å². The highest BCUT2D eigenvalue weighted by Gasteiger charge is 2.18. The predicted octanol–water partition coefficient (Wildman–Crippen LogP) is 14.6. The van der Waals surface area contributed by atoms with Crippen LogP contribution in [-0.4, -0.2) is 15.0 Å². The van der Waals surface area contributed by atoms with Crippen LogP contribution in [0.4, 0.5) is 0 Å². The zero-order valence-electron chi connectivity index (χ0n) is 31.4. The lowest BCUT2D eigenvalue weighted by Gasteiger charge is -2.17. The van der Waals surface area contributed by atoms with Crippen LogP contribution in [-0.2, 0) is 0 Å². The summed E-state index contributed by atoms with van der Waals surface area (Å²) in [6.07, 6.45) is 3.70. The molecule has 12 rings (SSSR count). The number of nitrogens with zero attached hydrogens (tertiary/aromatic N) is 3. The molecule has 3 heteroatoms. The summed E-state index contributed by atoms with van der Waals surface area (Å²) in [5.41, 5.74) is 9.32. The molecule has 0 spiro atoms. The second-order valence-corrected chi connectivity index (χ2v) is 15.2. The van der Waals surface area contributed by atoms with Gasteiger partial charge in [0.1, 0.15) is 0 Å². The standard InChI is InChI=1S/C55H33N3/c1-2-8-34(9-3-1)35-19-26-41(27-20-35)55-57-49(37-21-17-36(18-22-37)43-13-7-29-56-33-43)32-50(58-55)44-30-42-28-25-40-11-5-15-46-45-14-4-10-38-23-24-39-12-6-16-47(53(39)51(38)45)48(31-44)54(42)52(40)46/h1-33H. The summed E-state index contributed by atoms with van der Waals surface area (Å²) in [4.78, 5) is 15.0. The Kier molecular flexibility index (Phi) is 7.23. The largest absolute Gasteiger partial charge is 0.264 e. The lowest BCUT2D eigenvalue weighted by molar-refractivity contribution is 1.18. The molecule has 0 atom stereocenters. The topological polar surface area (TPSA) is 38.7 Å². The quantitative estimate of drug-likeness (QED) is 0.165. The van der Waals surface area contributed by atoms with Crippen molar-refractivity contribution >= 4 is 64.6 Å².